The van der Waals surface area contributed by atoms with Crippen LogP contribution in [0.4, 0.5) is 0 Å². The topological polar surface area (TPSA) is 52.5 Å². The largest absolute Gasteiger partial charge is 0.504 e. The molecule has 0 aliphatic carbocycles. The van der Waals surface area contributed by atoms with Crippen molar-refractivity contribution in [1.82, 2.24) is 5.32 Å². The van der Waals surface area contributed by atoms with Gasteiger partial charge in [-0.2, -0.15) is 0 Å². The van der Waals surface area contributed by atoms with E-state index in [1.807, 2.05) is 0 Å². The number of phenolic OH excluding ortho intramolecular Hbond substituents is 2. The van der Waals surface area contributed by atoms with Crippen molar-refractivity contribution in [2.24, 2.45) is 0 Å². The van der Waals surface area contributed by atoms with Crippen molar-refractivity contribution in [3.05, 3.63) is 29.8 Å². The number of nitrogens with one attached hydrogen (secondary N) is 1. The van der Waals surface area contributed by atoms with E-state index in [0.717, 1.165) is 24.2 Å². The summed E-state index contributed by atoms with van der Waals surface area (Å²) in [6, 6.07) is 4.88. The van der Waals surface area contributed by atoms with Gasteiger partial charge in [0.25, 0.3) is 0 Å². The SMILES string of the molecule is Oc1ccc(C2=CCNC2)cc1O. The Labute approximate surface area is 76.3 Å². The Kier molecular flexibility index (Phi) is 1.94. The van der Waals surface area contributed by atoms with E-state index in [1.54, 1.807) is 12.1 Å². The van der Waals surface area contributed by atoms with E-state index in [2.05, 4.69) is 11.4 Å². The number of rotatable bonds is 1. The van der Waals surface area contributed by atoms with E-state index in [-0.39, 0.29) is 11.5 Å². The molecule has 68 valence electrons. The predicted molar refractivity (Wildman–Crippen MR) is 50.6 cm³/mol. The zero-order chi connectivity index (χ0) is 9.26. The number of aromatic hydroxyl groups is 2. The molecule has 1 aromatic rings. The first-order valence-electron chi connectivity index (χ1n) is 4.19. The maximum absolute atomic E-state index is 9.26. The summed E-state index contributed by atoms with van der Waals surface area (Å²) in [5, 5.41) is 21.5. The number of phenols is 2. The molecule has 0 amide bonds. The molecule has 0 radical (unpaired) electrons. The number of hydrogen-bond donors (Lipinski definition) is 3. The minimum atomic E-state index is -0.0738. The molecule has 3 heteroatoms. The molecule has 0 unspecified atom stereocenters. The van der Waals surface area contributed by atoms with Crippen LogP contribution in [0.5, 0.6) is 11.5 Å². The summed E-state index contributed by atoms with van der Waals surface area (Å²) in [5.74, 6) is -0.138. The van der Waals surface area contributed by atoms with Crippen molar-refractivity contribution in [2.45, 2.75) is 0 Å². The lowest BCUT2D eigenvalue weighted by Crippen LogP contribution is -2.07. The highest BCUT2D eigenvalue weighted by Crippen LogP contribution is 2.28. The maximum atomic E-state index is 9.26. The van der Waals surface area contributed by atoms with Gasteiger partial charge in [0.2, 0.25) is 0 Å². The maximum Gasteiger partial charge on any atom is 0.158 e. The van der Waals surface area contributed by atoms with Crippen LogP contribution in [-0.2, 0) is 0 Å². The first-order chi connectivity index (χ1) is 6.27. The van der Waals surface area contributed by atoms with Crippen molar-refractivity contribution in [1.29, 1.82) is 0 Å². The van der Waals surface area contributed by atoms with Crippen LogP contribution < -0.4 is 5.32 Å². The molecule has 1 aliphatic heterocycles. The molecule has 1 aromatic carbocycles. The lowest BCUT2D eigenvalue weighted by atomic mass is 10.1. The van der Waals surface area contributed by atoms with Gasteiger partial charge >= 0.3 is 0 Å². The lowest BCUT2D eigenvalue weighted by molar-refractivity contribution is 0.403. The van der Waals surface area contributed by atoms with Crippen molar-refractivity contribution >= 4 is 5.57 Å². The van der Waals surface area contributed by atoms with Crippen molar-refractivity contribution in [2.75, 3.05) is 13.1 Å². The molecule has 0 saturated carbocycles. The van der Waals surface area contributed by atoms with Gasteiger partial charge in [-0.05, 0) is 23.3 Å². The third-order valence-corrected chi connectivity index (χ3v) is 2.15. The van der Waals surface area contributed by atoms with Crippen LogP contribution in [0.15, 0.2) is 24.3 Å². The Morgan fingerprint density at radius 3 is 2.62 bits per heavy atom. The average Bonchev–Trinajstić information content (AvgIpc) is 2.62. The zero-order valence-electron chi connectivity index (χ0n) is 7.12. The Morgan fingerprint density at radius 1 is 1.15 bits per heavy atom. The van der Waals surface area contributed by atoms with E-state index < -0.39 is 0 Å². The molecule has 3 N–H and O–H groups in total. The van der Waals surface area contributed by atoms with Gasteiger partial charge in [0.15, 0.2) is 11.5 Å². The normalized spacial score (nSPS) is 15.8. The van der Waals surface area contributed by atoms with E-state index >= 15 is 0 Å². The van der Waals surface area contributed by atoms with Gasteiger partial charge in [-0.3, -0.25) is 0 Å². The predicted octanol–water partition coefficient (Wildman–Crippen LogP) is 1.08. The van der Waals surface area contributed by atoms with Crippen molar-refractivity contribution < 1.29 is 10.2 Å². The molecule has 0 bridgehead atoms. The fraction of sp³-hybridized carbons (Fsp3) is 0.200. The Morgan fingerprint density at radius 2 is 2.00 bits per heavy atom. The standard InChI is InChI=1S/C10H11NO2/c12-9-2-1-7(5-10(9)13)8-3-4-11-6-8/h1-3,5,11-13H,4,6H2. The van der Waals surface area contributed by atoms with Gasteiger partial charge in [-0.25, -0.2) is 0 Å². The average molecular weight is 177 g/mol. The van der Waals surface area contributed by atoms with Gasteiger partial charge in [0.1, 0.15) is 0 Å². The van der Waals surface area contributed by atoms with Gasteiger partial charge in [0, 0.05) is 13.1 Å². The van der Waals surface area contributed by atoms with Gasteiger partial charge in [-0.1, -0.05) is 12.1 Å². The van der Waals surface area contributed by atoms with E-state index in [9.17, 15) is 5.11 Å². The molecule has 0 spiro atoms. The van der Waals surface area contributed by atoms with Gasteiger partial charge in [0.05, 0.1) is 0 Å². The molecule has 0 aromatic heterocycles. The first kappa shape index (κ1) is 8.13. The van der Waals surface area contributed by atoms with Crippen LogP contribution in [0.2, 0.25) is 0 Å². The monoisotopic (exact) mass is 177 g/mol. The quantitative estimate of drug-likeness (QED) is 0.563. The lowest BCUT2D eigenvalue weighted by Gasteiger charge is -2.03. The fourth-order valence-electron chi connectivity index (χ4n) is 1.42. The van der Waals surface area contributed by atoms with Crippen LogP contribution in [0.25, 0.3) is 5.57 Å². The molecule has 3 nitrogen and oxygen atoms in total. The van der Waals surface area contributed by atoms with Gasteiger partial charge < -0.3 is 15.5 Å². The minimum absolute atomic E-state index is 0.0645. The molecule has 13 heavy (non-hydrogen) atoms. The molecule has 0 saturated heterocycles. The van der Waals surface area contributed by atoms with Crippen LogP contribution in [0, 0.1) is 0 Å². The number of benzene rings is 1. The van der Waals surface area contributed by atoms with Crippen LogP contribution >= 0.6 is 0 Å². The first-order valence-corrected chi connectivity index (χ1v) is 4.19. The van der Waals surface area contributed by atoms with E-state index in [1.165, 1.54) is 6.07 Å². The smallest absolute Gasteiger partial charge is 0.158 e. The summed E-state index contributed by atoms with van der Waals surface area (Å²) in [5.41, 5.74) is 2.12. The summed E-state index contributed by atoms with van der Waals surface area (Å²) >= 11 is 0. The van der Waals surface area contributed by atoms with E-state index in [4.69, 9.17) is 5.11 Å². The Balaban J connectivity index is 2.36. The second-order valence-electron chi connectivity index (χ2n) is 3.06. The minimum Gasteiger partial charge on any atom is -0.504 e. The molecule has 1 heterocycles. The van der Waals surface area contributed by atoms with E-state index in [0.29, 0.717) is 0 Å². The third kappa shape index (κ3) is 1.51. The summed E-state index contributed by atoms with van der Waals surface area (Å²) in [4.78, 5) is 0. The van der Waals surface area contributed by atoms with Gasteiger partial charge in [-0.15, -0.1) is 0 Å². The zero-order valence-corrected chi connectivity index (χ0v) is 7.12. The van der Waals surface area contributed by atoms with Crippen molar-refractivity contribution in [3.8, 4) is 11.5 Å². The Bertz CT molecular complexity index is 358. The second-order valence-corrected chi connectivity index (χ2v) is 3.06. The van der Waals surface area contributed by atoms with Crippen molar-refractivity contribution in [3.63, 3.8) is 0 Å². The number of hydrogen-bond acceptors (Lipinski definition) is 3. The summed E-state index contributed by atoms with van der Waals surface area (Å²) in [7, 11) is 0. The molecule has 1 aliphatic rings. The molecular weight excluding hydrogens is 166 g/mol. The van der Waals surface area contributed by atoms with Crippen LogP contribution in [-0.4, -0.2) is 23.3 Å². The fourth-order valence-corrected chi connectivity index (χ4v) is 1.42. The van der Waals surface area contributed by atoms with Crippen LogP contribution in [0.3, 0.4) is 0 Å². The highest BCUT2D eigenvalue weighted by atomic mass is 16.3. The molecule has 2 rings (SSSR count). The third-order valence-electron chi connectivity index (χ3n) is 2.15. The highest BCUT2D eigenvalue weighted by Gasteiger charge is 2.08. The molecular formula is C10H11NO2. The highest BCUT2D eigenvalue weighted by molar-refractivity contribution is 5.70. The van der Waals surface area contributed by atoms with Crippen LogP contribution in [0.1, 0.15) is 5.56 Å². The summed E-state index contributed by atoms with van der Waals surface area (Å²) in [6.45, 7) is 1.70. The summed E-state index contributed by atoms with van der Waals surface area (Å²) < 4.78 is 0. The molecule has 0 fully saturated rings. The Hall–Kier alpha value is -1.48. The second kappa shape index (κ2) is 3.11. The summed E-state index contributed by atoms with van der Waals surface area (Å²) in [6.07, 6.45) is 2.08. The molecule has 0 atom stereocenters.